The summed E-state index contributed by atoms with van der Waals surface area (Å²) in [4.78, 5) is 13.7. The molecule has 2 rings (SSSR count). The van der Waals surface area contributed by atoms with E-state index >= 15 is 0 Å². The van der Waals surface area contributed by atoms with Crippen LogP contribution in [0.4, 0.5) is 5.82 Å². The molecule has 0 unspecified atom stereocenters. The second kappa shape index (κ2) is 6.66. The van der Waals surface area contributed by atoms with Gasteiger partial charge in [-0.25, -0.2) is 9.97 Å². The summed E-state index contributed by atoms with van der Waals surface area (Å²) in [6.45, 7) is 9.58. The average molecular weight is 284 g/mol. The van der Waals surface area contributed by atoms with Gasteiger partial charge in [0, 0.05) is 29.9 Å². The summed E-state index contributed by atoms with van der Waals surface area (Å²) < 4.78 is 0. The van der Waals surface area contributed by atoms with Crippen molar-refractivity contribution >= 4 is 5.82 Å². The first-order chi connectivity index (χ1) is 9.99. The molecule has 0 fully saturated rings. The second-order valence-electron chi connectivity index (χ2n) is 6.23. The Balaban J connectivity index is 2.30. The average Bonchev–Trinajstić information content (AvgIpc) is 2.45. The predicted octanol–water partition coefficient (Wildman–Crippen LogP) is 3.58. The lowest BCUT2D eigenvalue weighted by atomic mass is 9.92. The quantitative estimate of drug-likeness (QED) is 0.911. The molecule has 0 aliphatic rings. The molecule has 0 saturated carbocycles. The zero-order chi connectivity index (χ0) is 15.3. The Bertz CT molecular complexity index is 573. The van der Waals surface area contributed by atoms with Crippen molar-refractivity contribution in [2.75, 3.05) is 11.9 Å². The van der Waals surface area contributed by atoms with Crippen molar-refractivity contribution < 1.29 is 0 Å². The second-order valence-corrected chi connectivity index (χ2v) is 6.23. The van der Waals surface area contributed by atoms with Crippen LogP contribution in [-0.2, 0) is 11.8 Å². The highest BCUT2D eigenvalue weighted by Crippen LogP contribution is 2.22. The highest BCUT2D eigenvalue weighted by atomic mass is 15.0. The lowest BCUT2D eigenvalue weighted by Gasteiger charge is -2.19. The number of nitrogens with one attached hydrogen (secondary N) is 1. The van der Waals surface area contributed by atoms with Gasteiger partial charge in [0.15, 0.2) is 0 Å². The summed E-state index contributed by atoms with van der Waals surface area (Å²) in [6, 6.07) is 7.97. The Labute approximate surface area is 127 Å². The van der Waals surface area contributed by atoms with Gasteiger partial charge < -0.3 is 5.32 Å². The van der Waals surface area contributed by atoms with Crippen LogP contribution in [0.3, 0.4) is 0 Å². The number of pyridine rings is 1. The number of aromatic nitrogens is 3. The maximum absolute atomic E-state index is 4.72. The molecule has 0 saturated heterocycles. The molecule has 0 aliphatic heterocycles. The number of rotatable bonds is 5. The fraction of sp³-hybridized carbons (Fsp3) is 0.471. The molecule has 2 heterocycles. The van der Waals surface area contributed by atoms with E-state index in [1.807, 2.05) is 18.2 Å². The van der Waals surface area contributed by atoms with Crippen LogP contribution >= 0.6 is 0 Å². The molecule has 2 aromatic heterocycles. The number of anilines is 1. The van der Waals surface area contributed by atoms with E-state index in [1.54, 1.807) is 6.20 Å². The van der Waals surface area contributed by atoms with Crippen molar-refractivity contribution in [3.63, 3.8) is 0 Å². The number of hydrogen-bond acceptors (Lipinski definition) is 4. The molecule has 21 heavy (non-hydrogen) atoms. The van der Waals surface area contributed by atoms with Gasteiger partial charge in [0.1, 0.15) is 11.6 Å². The maximum atomic E-state index is 4.72. The van der Waals surface area contributed by atoms with Crippen LogP contribution in [0.25, 0.3) is 0 Å². The molecule has 4 heteroatoms. The van der Waals surface area contributed by atoms with Gasteiger partial charge in [-0.3, -0.25) is 4.98 Å². The monoisotopic (exact) mass is 284 g/mol. The highest BCUT2D eigenvalue weighted by Gasteiger charge is 2.18. The Morgan fingerprint density at radius 1 is 1.14 bits per heavy atom. The molecule has 0 atom stereocenters. The molecule has 0 amide bonds. The van der Waals surface area contributed by atoms with Gasteiger partial charge in [-0.05, 0) is 18.6 Å². The normalized spacial score (nSPS) is 11.4. The molecule has 0 radical (unpaired) electrons. The Morgan fingerprint density at radius 3 is 2.57 bits per heavy atom. The number of hydrogen-bond donors (Lipinski definition) is 1. The standard InChI is InChI=1S/C17H24N4/c1-5-9-19-15-12-14(17(2,3)4)20-16(21-15)11-13-8-6-7-10-18-13/h6-8,10,12H,5,9,11H2,1-4H3,(H,19,20,21). The van der Waals surface area contributed by atoms with E-state index in [2.05, 4.69) is 49.0 Å². The molecule has 1 N–H and O–H groups in total. The van der Waals surface area contributed by atoms with Gasteiger partial charge in [0.2, 0.25) is 0 Å². The lowest BCUT2D eigenvalue weighted by molar-refractivity contribution is 0.563. The molecule has 0 aliphatic carbocycles. The molecule has 2 aromatic rings. The third-order valence-corrected chi connectivity index (χ3v) is 3.16. The smallest absolute Gasteiger partial charge is 0.136 e. The van der Waals surface area contributed by atoms with Crippen molar-refractivity contribution in [2.45, 2.75) is 46.0 Å². The van der Waals surface area contributed by atoms with Gasteiger partial charge in [-0.1, -0.05) is 33.8 Å². The van der Waals surface area contributed by atoms with Crippen LogP contribution in [0.2, 0.25) is 0 Å². The van der Waals surface area contributed by atoms with Gasteiger partial charge in [-0.2, -0.15) is 0 Å². The summed E-state index contributed by atoms with van der Waals surface area (Å²) in [7, 11) is 0. The Hall–Kier alpha value is -1.97. The molecular weight excluding hydrogens is 260 g/mol. The van der Waals surface area contributed by atoms with Crippen molar-refractivity contribution in [3.8, 4) is 0 Å². The van der Waals surface area contributed by atoms with Crippen LogP contribution in [-0.4, -0.2) is 21.5 Å². The first-order valence-corrected chi connectivity index (χ1v) is 7.51. The SMILES string of the molecule is CCCNc1cc(C(C)(C)C)nc(Cc2ccccn2)n1. The first-order valence-electron chi connectivity index (χ1n) is 7.51. The fourth-order valence-corrected chi connectivity index (χ4v) is 1.97. The van der Waals surface area contributed by atoms with Crippen LogP contribution in [0, 0.1) is 0 Å². The van der Waals surface area contributed by atoms with E-state index in [9.17, 15) is 0 Å². The zero-order valence-electron chi connectivity index (χ0n) is 13.3. The summed E-state index contributed by atoms with van der Waals surface area (Å²) in [5, 5.41) is 3.36. The third-order valence-electron chi connectivity index (χ3n) is 3.16. The van der Waals surface area contributed by atoms with Crippen molar-refractivity contribution in [1.82, 2.24) is 15.0 Å². The van der Waals surface area contributed by atoms with Crippen molar-refractivity contribution in [1.29, 1.82) is 0 Å². The minimum atomic E-state index is 0.00442. The van der Waals surface area contributed by atoms with Gasteiger partial charge in [0.25, 0.3) is 0 Å². The zero-order valence-corrected chi connectivity index (χ0v) is 13.3. The van der Waals surface area contributed by atoms with E-state index in [0.717, 1.165) is 36.0 Å². The van der Waals surface area contributed by atoms with E-state index in [-0.39, 0.29) is 5.41 Å². The lowest BCUT2D eigenvalue weighted by Crippen LogP contribution is -2.17. The summed E-state index contributed by atoms with van der Waals surface area (Å²) >= 11 is 0. The number of nitrogens with zero attached hydrogens (tertiary/aromatic N) is 3. The molecule has 112 valence electrons. The van der Waals surface area contributed by atoms with E-state index in [1.165, 1.54) is 0 Å². The molecule has 0 aromatic carbocycles. The predicted molar refractivity (Wildman–Crippen MR) is 86.6 cm³/mol. The van der Waals surface area contributed by atoms with E-state index in [4.69, 9.17) is 4.98 Å². The van der Waals surface area contributed by atoms with Gasteiger partial charge >= 0.3 is 0 Å². The van der Waals surface area contributed by atoms with E-state index in [0.29, 0.717) is 6.42 Å². The summed E-state index contributed by atoms with van der Waals surface area (Å²) in [6.07, 6.45) is 3.54. The molecule has 0 bridgehead atoms. The minimum Gasteiger partial charge on any atom is -0.370 e. The maximum Gasteiger partial charge on any atom is 0.136 e. The highest BCUT2D eigenvalue weighted by molar-refractivity contribution is 5.38. The first kappa shape index (κ1) is 15.4. The molecule has 0 spiro atoms. The minimum absolute atomic E-state index is 0.00442. The van der Waals surface area contributed by atoms with Crippen molar-refractivity contribution in [2.24, 2.45) is 0 Å². The third kappa shape index (κ3) is 4.52. The largest absolute Gasteiger partial charge is 0.370 e. The topological polar surface area (TPSA) is 50.7 Å². The summed E-state index contributed by atoms with van der Waals surface area (Å²) in [5.74, 6) is 1.72. The van der Waals surface area contributed by atoms with Gasteiger partial charge in [0.05, 0.1) is 12.1 Å². The van der Waals surface area contributed by atoms with Crippen LogP contribution in [0.1, 0.15) is 51.3 Å². The Kier molecular flexibility index (Phi) is 4.89. The molecular formula is C17H24N4. The van der Waals surface area contributed by atoms with Crippen LogP contribution in [0.5, 0.6) is 0 Å². The molecule has 4 nitrogen and oxygen atoms in total. The van der Waals surface area contributed by atoms with Crippen molar-refractivity contribution in [3.05, 3.63) is 47.7 Å². The summed E-state index contributed by atoms with van der Waals surface area (Å²) in [5.41, 5.74) is 2.05. The van der Waals surface area contributed by atoms with Crippen LogP contribution < -0.4 is 5.32 Å². The van der Waals surface area contributed by atoms with E-state index < -0.39 is 0 Å². The Morgan fingerprint density at radius 2 is 1.95 bits per heavy atom. The van der Waals surface area contributed by atoms with Crippen LogP contribution in [0.15, 0.2) is 30.5 Å². The fourth-order valence-electron chi connectivity index (χ4n) is 1.97. The van der Waals surface area contributed by atoms with Gasteiger partial charge in [-0.15, -0.1) is 0 Å².